The molecule has 0 fully saturated rings. The monoisotopic (exact) mass is 172 g/mol. The van der Waals surface area contributed by atoms with E-state index in [1.54, 1.807) is 6.92 Å². The van der Waals surface area contributed by atoms with E-state index in [2.05, 4.69) is 0 Å². The van der Waals surface area contributed by atoms with Crippen LogP contribution < -0.4 is 0 Å². The summed E-state index contributed by atoms with van der Waals surface area (Å²) in [4.78, 5) is 21.5. The Bertz CT molecular complexity index is 173. The van der Waals surface area contributed by atoms with Crippen molar-refractivity contribution in [3.05, 3.63) is 0 Å². The number of carbonyl (C=O) groups excluding carboxylic acids is 2. The van der Waals surface area contributed by atoms with Crippen molar-refractivity contribution in [1.29, 1.82) is 0 Å². The fourth-order valence-electron chi connectivity index (χ4n) is 1.14. The van der Waals surface area contributed by atoms with E-state index in [-0.39, 0.29) is 17.5 Å². The summed E-state index contributed by atoms with van der Waals surface area (Å²) < 4.78 is 0. The molecule has 0 saturated carbocycles. The standard InChI is InChI=1S/C9H16O3/c1-6(10)4-5-9(7(2)11)8(3)12/h7,9,11H,4-5H2,1-3H3. The summed E-state index contributed by atoms with van der Waals surface area (Å²) in [5, 5.41) is 9.16. The minimum Gasteiger partial charge on any atom is -0.393 e. The normalized spacial score (nSPS) is 15.3. The van der Waals surface area contributed by atoms with Crippen LogP contribution in [-0.4, -0.2) is 22.8 Å². The molecule has 12 heavy (non-hydrogen) atoms. The van der Waals surface area contributed by atoms with Crippen LogP contribution in [0.5, 0.6) is 0 Å². The van der Waals surface area contributed by atoms with Crippen LogP contribution in [0.3, 0.4) is 0 Å². The molecule has 0 bridgehead atoms. The van der Waals surface area contributed by atoms with E-state index < -0.39 is 6.10 Å². The molecule has 1 N–H and O–H groups in total. The minimum atomic E-state index is -0.651. The van der Waals surface area contributed by atoms with E-state index in [4.69, 9.17) is 5.11 Å². The Morgan fingerprint density at radius 3 is 2.08 bits per heavy atom. The van der Waals surface area contributed by atoms with Gasteiger partial charge in [-0.2, -0.15) is 0 Å². The molecule has 0 aliphatic carbocycles. The summed E-state index contributed by atoms with van der Waals surface area (Å²) in [7, 11) is 0. The summed E-state index contributed by atoms with van der Waals surface area (Å²) in [6.07, 6.45) is 0.180. The molecule has 0 aromatic rings. The second-order valence-electron chi connectivity index (χ2n) is 3.20. The van der Waals surface area contributed by atoms with Crippen LogP contribution in [0, 0.1) is 5.92 Å². The number of ketones is 2. The number of aliphatic hydroxyl groups excluding tert-OH is 1. The number of Topliss-reactive ketones (excluding diaryl/α,β-unsaturated/α-hetero) is 2. The molecule has 0 saturated heterocycles. The molecule has 0 aromatic carbocycles. The van der Waals surface area contributed by atoms with Crippen LogP contribution in [0.25, 0.3) is 0 Å². The highest BCUT2D eigenvalue weighted by atomic mass is 16.3. The van der Waals surface area contributed by atoms with Crippen molar-refractivity contribution < 1.29 is 14.7 Å². The number of rotatable bonds is 5. The molecule has 0 amide bonds. The van der Waals surface area contributed by atoms with Crippen molar-refractivity contribution in [2.24, 2.45) is 5.92 Å². The second kappa shape index (κ2) is 5.04. The van der Waals surface area contributed by atoms with Crippen molar-refractivity contribution in [2.45, 2.75) is 39.7 Å². The Hall–Kier alpha value is -0.700. The molecule has 70 valence electrons. The SMILES string of the molecule is CC(=O)CCC(C(C)=O)C(C)O. The molecule has 0 aromatic heterocycles. The maximum atomic E-state index is 10.9. The fourth-order valence-corrected chi connectivity index (χ4v) is 1.14. The minimum absolute atomic E-state index is 0.0498. The average Bonchev–Trinajstić information content (AvgIpc) is 1.84. The summed E-state index contributed by atoms with van der Waals surface area (Å²) in [5.41, 5.74) is 0. The van der Waals surface area contributed by atoms with Crippen LogP contribution in [0.2, 0.25) is 0 Å². The van der Waals surface area contributed by atoms with Gasteiger partial charge in [0.2, 0.25) is 0 Å². The summed E-state index contributed by atoms with van der Waals surface area (Å²) in [5.74, 6) is -0.373. The quantitative estimate of drug-likeness (QED) is 0.671. The first kappa shape index (κ1) is 11.3. The van der Waals surface area contributed by atoms with Crippen LogP contribution in [-0.2, 0) is 9.59 Å². The van der Waals surface area contributed by atoms with Gasteiger partial charge in [0.05, 0.1) is 6.10 Å². The topological polar surface area (TPSA) is 54.4 Å². The van der Waals surface area contributed by atoms with Gasteiger partial charge >= 0.3 is 0 Å². The maximum absolute atomic E-state index is 10.9. The van der Waals surface area contributed by atoms with E-state index in [1.165, 1.54) is 13.8 Å². The Balaban J connectivity index is 3.97. The number of hydrogen-bond donors (Lipinski definition) is 1. The Kier molecular flexibility index (Phi) is 4.74. The lowest BCUT2D eigenvalue weighted by Gasteiger charge is -2.15. The summed E-state index contributed by atoms with van der Waals surface area (Å²) in [6, 6.07) is 0. The first-order chi connectivity index (χ1) is 5.45. The third kappa shape index (κ3) is 4.23. The van der Waals surface area contributed by atoms with E-state index in [0.29, 0.717) is 12.8 Å². The first-order valence-corrected chi connectivity index (χ1v) is 4.13. The van der Waals surface area contributed by atoms with Gasteiger partial charge in [-0.15, -0.1) is 0 Å². The lowest BCUT2D eigenvalue weighted by atomic mass is 9.93. The van der Waals surface area contributed by atoms with E-state index in [0.717, 1.165) is 0 Å². The van der Waals surface area contributed by atoms with Gasteiger partial charge in [-0.25, -0.2) is 0 Å². The summed E-state index contributed by atoms with van der Waals surface area (Å²) >= 11 is 0. The van der Waals surface area contributed by atoms with E-state index in [9.17, 15) is 9.59 Å². The third-order valence-electron chi connectivity index (χ3n) is 1.91. The highest BCUT2D eigenvalue weighted by Gasteiger charge is 2.19. The van der Waals surface area contributed by atoms with Gasteiger partial charge in [0.25, 0.3) is 0 Å². The van der Waals surface area contributed by atoms with Crippen molar-refractivity contribution in [1.82, 2.24) is 0 Å². The fraction of sp³-hybridized carbons (Fsp3) is 0.778. The lowest BCUT2D eigenvalue weighted by Crippen LogP contribution is -2.24. The van der Waals surface area contributed by atoms with Gasteiger partial charge in [-0.3, -0.25) is 4.79 Å². The van der Waals surface area contributed by atoms with Gasteiger partial charge in [0.1, 0.15) is 11.6 Å². The van der Waals surface area contributed by atoms with E-state index in [1.807, 2.05) is 0 Å². The zero-order valence-corrected chi connectivity index (χ0v) is 7.83. The summed E-state index contributed by atoms with van der Waals surface area (Å²) in [6.45, 7) is 4.50. The van der Waals surface area contributed by atoms with Crippen molar-refractivity contribution >= 4 is 11.6 Å². The molecule has 0 radical (unpaired) electrons. The Morgan fingerprint density at radius 2 is 1.83 bits per heavy atom. The average molecular weight is 172 g/mol. The number of hydrogen-bond acceptors (Lipinski definition) is 3. The van der Waals surface area contributed by atoms with Gasteiger partial charge in [0.15, 0.2) is 0 Å². The molecule has 0 spiro atoms. The van der Waals surface area contributed by atoms with Gasteiger partial charge in [0, 0.05) is 12.3 Å². The largest absolute Gasteiger partial charge is 0.393 e. The molecule has 2 unspecified atom stereocenters. The van der Waals surface area contributed by atoms with E-state index >= 15 is 0 Å². The molecular weight excluding hydrogens is 156 g/mol. The second-order valence-corrected chi connectivity index (χ2v) is 3.20. The van der Waals surface area contributed by atoms with Gasteiger partial charge in [-0.05, 0) is 27.2 Å². The first-order valence-electron chi connectivity index (χ1n) is 4.13. The van der Waals surface area contributed by atoms with Gasteiger partial charge < -0.3 is 9.90 Å². The van der Waals surface area contributed by atoms with Crippen LogP contribution in [0.4, 0.5) is 0 Å². The highest BCUT2D eigenvalue weighted by molar-refractivity contribution is 5.80. The molecule has 3 nitrogen and oxygen atoms in total. The van der Waals surface area contributed by atoms with Crippen LogP contribution >= 0.6 is 0 Å². The molecular formula is C9H16O3. The van der Waals surface area contributed by atoms with Crippen molar-refractivity contribution in [3.8, 4) is 0 Å². The zero-order valence-electron chi connectivity index (χ0n) is 7.83. The van der Waals surface area contributed by atoms with Crippen LogP contribution in [0.15, 0.2) is 0 Å². The zero-order chi connectivity index (χ0) is 9.72. The van der Waals surface area contributed by atoms with Crippen molar-refractivity contribution in [3.63, 3.8) is 0 Å². The number of aliphatic hydroxyl groups is 1. The molecule has 3 heteroatoms. The molecule has 0 aliphatic rings. The lowest BCUT2D eigenvalue weighted by molar-refractivity contribution is -0.124. The van der Waals surface area contributed by atoms with Crippen molar-refractivity contribution in [2.75, 3.05) is 0 Å². The molecule has 0 heterocycles. The highest BCUT2D eigenvalue weighted by Crippen LogP contribution is 2.12. The maximum Gasteiger partial charge on any atom is 0.135 e. The predicted molar refractivity (Wildman–Crippen MR) is 45.8 cm³/mol. The number of carbonyl (C=O) groups is 2. The molecule has 2 atom stereocenters. The molecule has 0 rings (SSSR count). The van der Waals surface area contributed by atoms with Crippen LogP contribution in [0.1, 0.15) is 33.6 Å². The smallest absolute Gasteiger partial charge is 0.135 e. The third-order valence-corrected chi connectivity index (χ3v) is 1.91. The Labute approximate surface area is 72.8 Å². The predicted octanol–water partition coefficient (Wildman–Crippen LogP) is 0.942. The Morgan fingerprint density at radius 1 is 1.33 bits per heavy atom. The van der Waals surface area contributed by atoms with Gasteiger partial charge in [-0.1, -0.05) is 0 Å². The molecule has 0 aliphatic heterocycles.